The summed E-state index contributed by atoms with van der Waals surface area (Å²) in [7, 11) is 0. The minimum Gasteiger partial charge on any atom is -0.479 e. The molecule has 1 atom stereocenters. The van der Waals surface area contributed by atoms with Crippen molar-refractivity contribution in [2.24, 2.45) is 0 Å². The predicted octanol–water partition coefficient (Wildman–Crippen LogP) is 0.896. The third kappa shape index (κ3) is 7.55. The molecular formula is C11H21N3O4S. The van der Waals surface area contributed by atoms with Crippen molar-refractivity contribution < 1.29 is 19.4 Å². The summed E-state index contributed by atoms with van der Waals surface area (Å²) in [4.78, 5) is 22.5. The summed E-state index contributed by atoms with van der Waals surface area (Å²) < 4.78 is 4.68. The van der Waals surface area contributed by atoms with E-state index in [2.05, 4.69) is 15.4 Å². The van der Waals surface area contributed by atoms with Crippen molar-refractivity contribution in [2.45, 2.75) is 26.3 Å². The van der Waals surface area contributed by atoms with E-state index < -0.39 is 17.6 Å². The number of ether oxygens (including phenoxy) is 1. The van der Waals surface area contributed by atoms with Crippen molar-refractivity contribution in [3.8, 4) is 0 Å². The lowest BCUT2D eigenvalue weighted by Gasteiger charge is -2.25. The van der Waals surface area contributed by atoms with Crippen LogP contribution in [0.5, 0.6) is 0 Å². The van der Waals surface area contributed by atoms with Crippen molar-refractivity contribution in [1.29, 1.82) is 5.41 Å². The molecule has 0 saturated carbocycles. The fourth-order valence-electron chi connectivity index (χ4n) is 1.13. The average Bonchev–Trinajstić information content (AvgIpc) is 2.28. The average molecular weight is 291 g/mol. The van der Waals surface area contributed by atoms with E-state index >= 15 is 0 Å². The Balaban J connectivity index is 4.20. The minimum atomic E-state index is -1.36. The number of amides is 1. The van der Waals surface area contributed by atoms with Crippen molar-refractivity contribution in [2.75, 3.05) is 24.7 Å². The standard InChI is InChI=1S/C11H21N3O4S/c1-4-18-10(17)14-11(3,9(15)16)7-19-6-5-13-8(2)12/h4-7H2,1-3H3,(H2,12,13)(H,14,17)(H,15,16)/t11-/m0/s1. The van der Waals surface area contributed by atoms with Gasteiger partial charge in [-0.3, -0.25) is 5.41 Å². The smallest absolute Gasteiger partial charge is 0.408 e. The van der Waals surface area contributed by atoms with Gasteiger partial charge in [0, 0.05) is 18.1 Å². The lowest BCUT2D eigenvalue weighted by molar-refractivity contribution is -0.142. The molecule has 0 aliphatic rings. The number of hydrogen-bond acceptors (Lipinski definition) is 5. The maximum absolute atomic E-state index is 11.3. The Labute approximate surface area is 117 Å². The molecule has 0 unspecified atom stereocenters. The topological polar surface area (TPSA) is 112 Å². The summed E-state index contributed by atoms with van der Waals surface area (Å²) in [5.74, 6) is 0.124. The Hall–Kier alpha value is -1.44. The molecule has 0 aliphatic heterocycles. The van der Waals surface area contributed by atoms with Gasteiger partial charge < -0.3 is 20.5 Å². The summed E-state index contributed by atoms with van der Waals surface area (Å²) in [6.07, 6.45) is -0.735. The lowest BCUT2D eigenvalue weighted by atomic mass is 10.1. The third-order valence-electron chi connectivity index (χ3n) is 2.15. The van der Waals surface area contributed by atoms with Gasteiger partial charge in [0.1, 0.15) is 5.54 Å². The minimum absolute atomic E-state index is 0.192. The summed E-state index contributed by atoms with van der Waals surface area (Å²) in [5.41, 5.74) is -1.36. The molecule has 4 N–H and O–H groups in total. The molecule has 0 radical (unpaired) electrons. The van der Waals surface area contributed by atoms with E-state index in [1.54, 1.807) is 13.8 Å². The first kappa shape index (κ1) is 17.6. The van der Waals surface area contributed by atoms with Gasteiger partial charge in [0.05, 0.1) is 12.4 Å². The number of nitrogens with one attached hydrogen (secondary N) is 3. The van der Waals surface area contributed by atoms with E-state index in [0.29, 0.717) is 18.1 Å². The molecule has 8 heteroatoms. The van der Waals surface area contributed by atoms with E-state index in [1.165, 1.54) is 18.7 Å². The van der Waals surface area contributed by atoms with Gasteiger partial charge in [-0.2, -0.15) is 11.8 Å². The molecule has 0 fully saturated rings. The Morgan fingerprint density at radius 2 is 2.11 bits per heavy atom. The van der Waals surface area contributed by atoms with Gasteiger partial charge in [0.25, 0.3) is 0 Å². The molecule has 0 aromatic carbocycles. The van der Waals surface area contributed by atoms with Gasteiger partial charge in [0.2, 0.25) is 0 Å². The number of carboxylic acid groups (broad SMARTS) is 1. The Bertz CT molecular complexity index is 338. The summed E-state index contributed by atoms with van der Waals surface area (Å²) in [5, 5.41) is 21.5. The molecule has 0 bridgehead atoms. The Morgan fingerprint density at radius 3 is 2.58 bits per heavy atom. The maximum Gasteiger partial charge on any atom is 0.408 e. The van der Waals surface area contributed by atoms with Crippen molar-refractivity contribution in [3.63, 3.8) is 0 Å². The second kappa shape index (κ2) is 8.63. The van der Waals surface area contributed by atoms with E-state index in [0.717, 1.165) is 0 Å². The van der Waals surface area contributed by atoms with E-state index in [9.17, 15) is 9.59 Å². The highest BCUT2D eigenvalue weighted by molar-refractivity contribution is 7.99. The van der Waals surface area contributed by atoms with Crippen molar-refractivity contribution in [1.82, 2.24) is 10.6 Å². The van der Waals surface area contributed by atoms with Crippen LogP contribution in [-0.4, -0.2) is 53.2 Å². The SMILES string of the molecule is CCOC(=O)N[C@@](C)(CSCCNC(C)=N)C(=O)O. The highest BCUT2D eigenvalue weighted by atomic mass is 32.2. The van der Waals surface area contributed by atoms with Crippen molar-refractivity contribution >= 4 is 29.7 Å². The number of aliphatic carboxylic acids is 1. The van der Waals surface area contributed by atoms with Gasteiger partial charge in [-0.25, -0.2) is 9.59 Å². The number of carboxylic acids is 1. The number of hydrogen-bond donors (Lipinski definition) is 4. The number of thioether (sulfide) groups is 1. The molecule has 0 spiro atoms. The molecule has 7 nitrogen and oxygen atoms in total. The van der Waals surface area contributed by atoms with Crippen LogP contribution in [0.2, 0.25) is 0 Å². The van der Waals surface area contributed by atoms with Gasteiger partial charge in [-0.1, -0.05) is 0 Å². The first-order valence-corrected chi connectivity index (χ1v) is 7.02. The van der Waals surface area contributed by atoms with Gasteiger partial charge in [-0.15, -0.1) is 0 Å². The normalized spacial score (nSPS) is 13.2. The number of alkyl carbamates (subject to hydrolysis) is 1. The molecular weight excluding hydrogens is 270 g/mol. The first-order valence-electron chi connectivity index (χ1n) is 5.87. The number of amidine groups is 1. The van der Waals surface area contributed by atoms with Crippen LogP contribution in [0.15, 0.2) is 0 Å². The van der Waals surface area contributed by atoms with Gasteiger partial charge in [-0.05, 0) is 20.8 Å². The molecule has 0 heterocycles. The molecule has 1 amide bonds. The van der Waals surface area contributed by atoms with Gasteiger partial charge >= 0.3 is 12.1 Å². The first-order chi connectivity index (χ1) is 8.81. The summed E-state index contributed by atoms with van der Waals surface area (Å²) >= 11 is 1.38. The number of rotatable bonds is 8. The maximum atomic E-state index is 11.3. The van der Waals surface area contributed by atoms with Crippen LogP contribution in [0.3, 0.4) is 0 Å². The largest absolute Gasteiger partial charge is 0.479 e. The second-order valence-electron chi connectivity index (χ2n) is 4.09. The van der Waals surface area contributed by atoms with E-state index in [1.807, 2.05) is 0 Å². The number of carbonyl (C=O) groups is 2. The molecule has 0 saturated heterocycles. The quantitative estimate of drug-likeness (QED) is 0.300. The lowest BCUT2D eigenvalue weighted by Crippen LogP contribution is -2.54. The Morgan fingerprint density at radius 1 is 1.47 bits per heavy atom. The Kier molecular flexibility index (Phi) is 7.97. The van der Waals surface area contributed by atoms with Crippen LogP contribution >= 0.6 is 11.8 Å². The zero-order chi connectivity index (χ0) is 14.9. The van der Waals surface area contributed by atoms with Crippen LogP contribution in [0.1, 0.15) is 20.8 Å². The zero-order valence-electron chi connectivity index (χ0n) is 11.4. The van der Waals surface area contributed by atoms with Crippen LogP contribution in [0, 0.1) is 5.41 Å². The van der Waals surface area contributed by atoms with Gasteiger partial charge in [0.15, 0.2) is 0 Å². The fourth-order valence-corrected chi connectivity index (χ4v) is 2.13. The molecule has 110 valence electrons. The monoisotopic (exact) mass is 291 g/mol. The highest BCUT2D eigenvalue weighted by Crippen LogP contribution is 2.13. The van der Waals surface area contributed by atoms with Crippen LogP contribution in [0.4, 0.5) is 4.79 Å². The molecule has 0 aliphatic carbocycles. The molecule has 0 aromatic heterocycles. The van der Waals surface area contributed by atoms with E-state index in [4.69, 9.17) is 10.5 Å². The third-order valence-corrected chi connectivity index (χ3v) is 3.43. The number of carbonyl (C=O) groups excluding carboxylic acids is 1. The zero-order valence-corrected chi connectivity index (χ0v) is 12.2. The highest BCUT2D eigenvalue weighted by Gasteiger charge is 2.35. The van der Waals surface area contributed by atoms with Crippen LogP contribution < -0.4 is 10.6 Å². The van der Waals surface area contributed by atoms with Crippen LogP contribution in [0.25, 0.3) is 0 Å². The summed E-state index contributed by atoms with van der Waals surface area (Å²) in [6, 6.07) is 0. The van der Waals surface area contributed by atoms with E-state index in [-0.39, 0.29) is 12.4 Å². The summed E-state index contributed by atoms with van der Waals surface area (Å²) in [6.45, 7) is 5.49. The molecule has 19 heavy (non-hydrogen) atoms. The van der Waals surface area contributed by atoms with Crippen molar-refractivity contribution in [3.05, 3.63) is 0 Å². The molecule has 0 aromatic rings. The van der Waals surface area contributed by atoms with Crippen LogP contribution in [-0.2, 0) is 9.53 Å². The predicted molar refractivity (Wildman–Crippen MR) is 74.9 cm³/mol. The fraction of sp³-hybridized carbons (Fsp3) is 0.727. The second-order valence-corrected chi connectivity index (χ2v) is 5.19. The molecule has 0 rings (SSSR count).